The van der Waals surface area contributed by atoms with Crippen molar-refractivity contribution in [3.63, 3.8) is 0 Å². The average Bonchev–Trinajstić information content (AvgIpc) is 3.47. The normalized spacial score (nSPS) is 26.0. The highest BCUT2D eigenvalue weighted by atomic mass is 32.2. The Bertz CT molecular complexity index is 1730. The summed E-state index contributed by atoms with van der Waals surface area (Å²) in [4.78, 5) is 62.8. The van der Waals surface area contributed by atoms with E-state index in [0.717, 1.165) is 43.7 Å². The van der Waals surface area contributed by atoms with E-state index in [1.54, 1.807) is 30.3 Å². The molecule has 3 aromatic rings. The van der Waals surface area contributed by atoms with E-state index in [1.807, 2.05) is 60.7 Å². The van der Waals surface area contributed by atoms with Gasteiger partial charge in [0.25, 0.3) is 0 Å². The number of benzene rings is 3. The van der Waals surface area contributed by atoms with E-state index in [-0.39, 0.29) is 25.4 Å². The first kappa shape index (κ1) is 41.4. The Balaban J connectivity index is 1.50. The van der Waals surface area contributed by atoms with Crippen LogP contribution in [0.5, 0.6) is 0 Å². The van der Waals surface area contributed by atoms with Gasteiger partial charge in [0.2, 0.25) is 0 Å². The molecule has 2 saturated heterocycles. The van der Waals surface area contributed by atoms with Crippen molar-refractivity contribution >= 4 is 41.6 Å². The molecule has 0 saturated carbocycles. The van der Waals surface area contributed by atoms with Gasteiger partial charge in [0.1, 0.15) is 35.8 Å². The molecule has 2 heterocycles. The van der Waals surface area contributed by atoms with E-state index in [0.29, 0.717) is 0 Å². The summed E-state index contributed by atoms with van der Waals surface area (Å²) in [6, 6.07) is 27.4. The lowest BCUT2D eigenvalue weighted by atomic mass is 9.99. The molecule has 2 fully saturated rings. The summed E-state index contributed by atoms with van der Waals surface area (Å²) in [5, 5.41) is 0. The van der Waals surface area contributed by atoms with Crippen LogP contribution in [-0.4, -0.2) is 96.7 Å². The number of hydrogen-bond acceptors (Lipinski definition) is 15. The third kappa shape index (κ3) is 12.1. The van der Waals surface area contributed by atoms with E-state index in [2.05, 4.69) is 0 Å². The zero-order chi connectivity index (χ0) is 39.3. The van der Waals surface area contributed by atoms with Crippen LogP contribution in [-0.2, 0) is 75.0 Å². The zero-order valence-corrected chi connectivity index (χ0v) is 31.6. The molecule has 294 valence electrons. The minimum absolute atomic E-state index is 0.0311. The van der Waals surface area contributed by atoms with E-state index < -0.39 is 90.1 Å². The Kier molecular flexibility index (Phi) is 15.2. The highest BCUT2D eigenvalue weighted by molar-refractivity contribution is 8.00. The minimum Gasteiger partial charge on any atom is -0.463 e. The second-order valence-electron chi connectivity index (χ2n) is 12.7. The highest BCUT2D eigenvalue weighted by Crippen LogP contribution is 2.42. The molecule has 2 aliphatic rings. The molecule has 0 bridgehead atoms. The van der Waals surface area contributed by atoms with Gasteiger partial charge in [-0.3, -0.25) is 19.2 Å². The van der Waals surface area contributed by atoms with Crippen LogP contribution in [0.1, 0.15) is 49.2 Å². The topological polar surface area (TPSA) is 168 Å². The molecule has 0 unspecified atom stereocenters. The van der Waals surface area contributed by atoms with E-state index >= 15 is 0 Å². The van der Waals surface area contributed by atoms with Crippen molar-refractivity contribution in [3.05, 3.63) is 108 Å². The highest BCUT2D eigenvalue weighted by Gasteiger charge is 2.56. The molecule has 0 aromatic heterocycles. The zero-order valence-electron chi connectivity index (χ0n) is 30.8. The molecule has 15 heteroatoms. The Morgan fingerprint density at radius 1 is 0.527 bits per heavy atom. The van der Waals surface area contributed by atoms with E-state index in [4.69, 9.17) is 42.6 Å². The molecule has 14 nitrogen and oxygen atoms in total. The second kappa shape index (κ2) is 20.2. The van der Waals surface area contributed by atoms with Crippen LogP contribution < -0.4 is 0 Å². The average molecular weight is 781 g/mol. The molecule has 0 radical (unpaired) electrons. The van der Waals surface area contributed by atoms with Gasteiger partial charge < -0.3 is 42.6 Å². The fraction of sp³-hybridized carbons (Fsp3) is 0.425. The standard InChI is InChI=1S/C40H44O14S/c1-24(41)47-23-32-34(49-25(2)42)35(50-26(3)43)37(51-27(4)44)40(53-32)55-39-36(54-38(45)30-18-12-7-13-19-30)33(48-21-29-16-10-6-11-17-29)31(52-39)22-46-20-28-14-8-5-9-15-28/h5-19,31-37,39-40H,20-23H2,1-4H3/t31-,32-,33-,34+,35+,36-,37-,39+,40+/m1/s1. The summed E-state index contributed by atoms with van der Waals surface area (Å²) in [6.07, 6.45) is -8.09. The molecule has 0 aliphatic carbocycles. The van der Waals surface area contributed by atoms with Crippen molar-refractivity contribution in [2.75, 3.05) is 13.2 Å². The maximum atomic E-state index is 13.7. The lowest BCUT2D eigenvalue weighted by molar-refractivity contribution is -0.237. The summed E-state index contributed by atoms with van der Waals surface area (Å²) < 4.78 is 53.8. The van der Waals surface area contributed by atoms with Crippen LogP contribution in [0.4, 0.5) is 0 Å². The van der Waals surface area contributed by atoms with Crippen LogP contribution in [0.3, 0.4) is 0 Å². The fourth-order valence-corrected chi connectivity index (χ4v) is 7.50. The van der Waals surface area contributed by atoms with Gasteiger partial charge >= 0.3 is 29.8 Å². The third-order valence-electron chi connectivity index (χ3n) is 8.42. The minimum atomic E-state index is -1.40. The summed E-state index contributed by atoms with van der Waals surface area (Å²) in [6.45, 7) is 4.65. The maximum Gasteiger partial charge on any atom is 0.338 e. The molecule has 3 aromatic carbocycles. The monoisotopic (exact) mass is 780 g/mol. The molecule has 5 rings (SSSR count). The first-order chi connectivity index (χ1) is 26.5. The summed E-state index contributed by atoms with van der Waals surface area (Å²) in [5.41, 5.74) is -0.209. The molecule has 0 amide bonds. The Hall–Kier alpha value is -4.80. The number of ether oxygens (including phenoxy) is 9. The molecular weight excluding hydrogens is 736 g/mol. The summed E-state index contributed by atoms with van der Waals surface area (Å²) in [7, 11) is 0. The molecule has 0 N–H and O–H groups in total. The quantitative estimate of drug-likeness (QED) is 0.147. The van der Waals surface area contributed by atoms with Gasteiger partial charge in [0, 0.05) is 27.7 Å². The molecule has 55 heavy (non-hydrogen) atoms. The van der Waals surface area contributed by atoms with Crippen molar-refractivity contribution in [2.45, 2.75) is 94.5 Å². The van der Waals surface area contributed by atoms with E-state index in [1.165, 1.54) is 6.92 Å². The second-order valence-corrected chi connectivity index (χ2v) is 13.9. The third-order valence-corrected chi connectivity index (χ3v) is 9.71. The maximum absolute atomic E-state index is 13.7. The first-order valence-electron chi connectivity index (χ1n) is 17.6. The summed E-state index contributed by atoms with van der Waals surface area (Å²) in [5.74, 6) is -3.58. The van der Waals surface area contributed by atoms with Crippen LogP contribution in [0, 0.1) is 0 Å². The summed E-state index contributed by atoms with van der Waals surface area (Å²) >= 11 is 0.966. The smallest absolute Gasteiger partial charge is 0.338 e. The van der Waals surface area contributed by atoms with Crippen LogP contribution in [0.2, 0.25) is 0 Å². The molecule has 2 aliphatic heterocycles. The van der Waals surface area contributed by atoms with Crippen molar-refractivity contribution in [1.29, 1.82) is 0 Å². The van der Waals surface area contributed by atoms with Gasteiger partial charge in [-0.05, 0) is 23.3 Å². The van der Waals surface area contributed by atoms with Gasteiger partial charge in [-0.25, -0.2) is 4.79 Å². The van der Waals surface area contributed by atoms with Gasteiger partial charge in [0.05, 0.1) is 25.4 Å². The van der Waals surface area contributed by atoms with Crippen LogP contribution in [0.15, 0.2) is 91.0 Å². The Morgan fingerprint density at radius 2 is 1.00 bits per heavy atom. The number of hydrogen-bond donors (Lipinski definition) is 0. The van der Waals surface area contributed by atoms with Crippen LogP contribution >= 0.6 is 11.8 Å². The lowest BCUT2D eigenvalue weighted by Gasteiger charge is -2.44. The Labute approximate surface area is 323 Å². The Morgan fingerprint density at radius 3 is 1.55 bits per heavy atom. The molecule has 0 spiro atoms. The van der Waals surface area contributed by atoms with Gasteiger partial charge in [-0.2, -0.15) is 0 Å². The predicted octanol–water partition coefficient (Wildman–Crippen LogP) is 4.56. The van der Waals surface area contributed by atoms with Crippen molar-refractivity contribution in [1.82, 2.24) is 0 Å². The van der Waals surface area contributed by atoms with Crippen molar-refractivity contribution in [3.8, 4) is 0 Å². The number of esters is 5. The number of carbonyl (C=O) groups is 5. The number of rotatable bonds is 16. The van der Waals surface area contributed by atoms with E-state index in [9.17, 15) is 24.0 Å². The van der Waals surface area contributed by atoms with Gasteiger partial charge in [-0.15, -0.1) is 0 Å². The van der Waals surface area contributed by atoms with Crippen LogP contribution in [0.25, 0.3) is 0 Å². The predicted molar refractivity (Wildman–Crippen MR) is 195 cm³/mol. The van der Waals surface area contributed by atoms with Gasteiger partial charge in [-0.1, -0.05) is 90.6 Å². The van der Waals surface area contributed by atoms with Crippen molar-refractivity contribution in [2.24, 2.45) is 0 Å². The fourth-order valence-electron chi connectivity index (χ4n) is 6.09. The largest absolute Gasteiger partial charge is 0.463 e. The van der Waals surface area contributed by atoms with Crippen molar-refractivity contribution < 1.29 is 66.6 Å². The number of carbonyl (C=O) groups excluding carboxylic acids is 5. The SMILES string of the molecule is CC(=O)OC[C@H]1O[C@@H](S[C@@H]2O[C@H](COCc3ccccc3)[C@@H](OCc3ccccc3)[C@H]2OC(=O)c2ccccc2)[C@H](OC(C)=O)[C@@H](OC(C)=O)[C@H]1OC(C)=O. The molecular formula is C40H44O14S. The number of thioether (sulfide) groups is 1. The lowest BCUT2D eigenvalue weighted by Crippen LogP contribution is -2.62. The first-order valence-corrected chi connectivity index (χ1v) is 18.6. The molecule has 9 atom stereocenters. The van der Waals surface area contributed by atoms with Gasteiger partial charge in [0.15, 0.2) is 24.4 Å².